The number of carbonyl (C=O) groups excluding carboxylic acids is 1. The third kappa shape index (κ3) is 6.94. The minimum absolute atomic E-state index is 0.00647. The molecule has 0 aromatic carbocycles. The van der Waals surface area contributed by atoms with Crippen molar-refractivity contribution in [3.63, 3.8) is 0 Å². The Bertz CT molecular complexity index is 186. The standard InChI is InChI=1S/C9H15NO2/c1-5-6-10-8(11)12-7-9(2,3)4/h1H,6-7H2,2-4H3,(H,10,11). The maximum Gasteiger partial charge on any atom is 0.407 e. The van der Waals surface area contributed by atoms with Gasteiger partial charge in [-0.1, -0.05) is 26.7 Å². The highest BCUT2D eigenvalue weighted by molar-refractivity contribution is 5.67. The lowest BCUT2D eigenvalue weighted by Gasteiger charge is -2.17. The summed E-state index contributed by atoms with van der Waals surface area (Å²) in [5, 5.41) is 2.41. The molecular weight excluding hydrogens is 154 g/mol. The van der Waals surface area contributed by atoms with Crippen LogP contribution in [0.25, 0.3) is 0 Å². The molecule has 0 aromatic rings. The Labute approximate surface area is 73.5 Å². The molecule has 0 unspecified atom stereocenters. The summed E-state index contributed by atoms with van der Waals surface area (Å²) in [7, 11) is 0. The van der Waals surface area contributed by atoms with Crippen molar-refractivity contribution in [1.82, 2.24) is 5.32 Å². The Balaban J connectivity index is 3.53. The molecule has 0 saturated heterocycles. The first-order valence-corrected chi connectivity index (χ1v) is 3.80. The van der Waals surface area contributed by atoms with Crippen molar-refractivity contribution in [3.05, 3.63) is 0 Å². The summed E-state index contributed by atoms with van der Waals surface area (Å²) in [4.78, 5) is 10.8. The second-order valence-corrected chi connectivity index (χ2v) is 3.69. The van der Waals surface area contributed by atoms with Crippen LogP contribution in [-0.4, -0.2) is 19.2 Å². The van der Waals surface area contributed by atoms with Crippen molar-refractivity contribution >= 4 is 6.09 Å². The molecule has 0 atom stereocenters. The summed E-state index contributed by atoms with van der Waals surface area (Å²) in [6, 6.07) is 0. The van der Waals surface area contributed by atoms with Gasteiger partial charge in [-0.2, -0.15) is 0 Å². The highest BCUT2D eigenvalue weighted by atomic mass is 16.5. The predicted molar refractivity (Wildman–Crippen MR) is 47.6 cm³/mol. The number of carbonyl (C=O) groups is 1. The molecule has 0 aliphatic rings. The maximum atomic E-state index is 10.8. The van der Waals surface area contributed by atoms with E-state index in [1.165, 1.54) is 0 Å². The zero-order valence-corrected chi connectivity index (χ0v) is 7.81. The highest BCUT2D eigenvalue weighted by Crippen LogP contribution is 2.12. The van der Waals surface area contributed by atoms with Crippen molar-refractivity contribution in [3.8, 4) is 12.3 Å². The van der Waals surface area contributed by atoms with Crippen LogP contribution >= 0.6 is 0 Å². The molecule has 0 fully saturated rings. The van der Waals surface area contributed by atoms with E-state index in [0.29, 0.717) is 6.61 Å². The summed E-state index contributed by atoms with van der Waals surface area (Å²) >= 11 is 0. The van der Waals surface area contributed by atoms with Gasteiger partial charge in [0.25, 0.3) is 0 Å². The smallest absolute Gasteiger partial charge is 0.407 e. The molecule has 1 amide bonds. The van der Waals surface area contributed by atoms with E-state index in [1.807, 2.05) is 20.8 Å². The van der Waals surface area contributed by atoms with Gasteiger partial charge in [0.2, 0.25) is 0 Å². The fourth-order valence-corrected chi connectivity index (χ4v) is 0.456. The molecule has 0 radical (unpaired) electrons. The second-order valence-electron chi connectivity index (χ2n) is 3.69. The molecular formula is C9H15NO2. The molecule has 0 aromatic heterocycles. The van der Waals surface area contributed by atoms with Crippen LogP contribution in [0.4, 0.5) is 4.79 Å². The molecule has 0 heterocycles. The minimum Gasteiger partial charge on any atom is -0.449 e. The van der Waals surface area contributed by atoms with Gasteiger partial charge in [0.1, 0.15) is 0 Å². The summed E-state index contributed by atoms with van der Waals surface area (Å²) in [5.41, 5.74) is -0.00647. The Morgan fingerprint density at radius 3 is 2.58 bits per heavy atom. The van der Waals surface area contributed by atoms with Crippen molar-refractivity contribution < 1.29 is 9.53 Å². The molecule has 3 nitrogen and oxygen atoms in total. The number of rotatable bonds is 2. The van der Waals surface area contributed by atoms with E-state index in [2.05, 4.69) is 11.2 Å². The lowest BCUT2D eigenvalue weighted by atomic mass is 9.99. The first-order valence-electron chi connectivity index (χ1n) is 3.80. The summed E-state index contributed by atoms with van der Waals surface area (Å²) in [6.45, 7) is 6.57. The van der Waals surface area contributed by atoms with Crippen LogP contribution in [0, 0.1) is 17.8 Å². The van der Waals surface area contributed by atoms with Gasteiger partial charge in [-0.05, 0) is 5.41 Å². The fourth-order valence-electron chi connectivity index (χ4n) is 0.456. The van der Waals surface area contributed by atoms with E-state index in [4.69, 9.17) is 11.2 Å². The molecule has 1 N–H and O–H groups in total. The summed E-state index contributed by atoms with van der Waals surface area (Å²) in [5.74, 6) is 2.28. The van der Waals surface area contributed by atoms with Crippen LogP contribution in [0.1, 0.15) is 20.8 Å². The van der Waals surface area contributed by atoms with Gasteiger partial charge in [0.15, 0.2) is 0 Å². The van der Waals surface area contributed by atoms with Crippen LogP contribution in [0.5, 0.6) is 0 Å². The number of nitrogens with one attached hydrogen (secondary N) is 1. The number of ether oxygens (including phenoxy) is 1. The minimum atomic E-state index is -0.456. The number of amides is 1. The molecule has 0 aliphatic heterocycles. The van der Waals surface area contributed by atoms with E-state index in [0.717, 1.165) is 0 Å². The van der Waals surface area contributed by atoms with Gasteiger partial charge in [0.05, 0.1) is 13.2 Å². The zero-order chi connectivity index (χ0) is 9.61. The average molecular weight is 169 g/mol. The molecule has 0 rings (SSSR count). The fraction of sp³-hybridized carbons (Fsp3) is 0.667. The first-order chi connectivity index (χ1) is 5.45. The zero-order valence-electron chi connectivity index (χ0n) is 7.81. The van der Waals surface area contributed by atoms with Crippen LogP contribution in [0.3, 0.4) is 0 Å². The number of hydrogen-bond donors (Lipinski definition) is 1. The summed E-state index contributed by atoms with van der Waals surface area (Å²) < 4.78 is 4.86. The quantitative estimate of drug-likeness (QED) is 0.634. The number of alkyl carbamates (subject to hydrolysis) is 1. The van der Waals surface area contributed by atoms with E-state index in [9.17, 15) is 4.79 Å². The topological polar surface area (TPSA) is 38.3 Å². The third-order valence-corrected chi connectivity index (χ3v) is 0.971. The largest absolute Gasteiger partial charge is 0.449 e. The predicted octanol–water partition coefficient (Wildman–Crippen LogP) is 1.39. The van der Waals surface area contributed by atoms with Crippen LogP contribution in [0.2, 0.25) is 0 Å². The van der Waals surface area contributed by atoms with E-state index in [1.54, 1.807) is 0 Å². The van der Waals surface area contributed by atoms with Crippen molar-refractivity contribution in [2.45, 2.75) is 20.8 Å². The van der Waals surface area contributed by atoms with Crippen LogP contribution in [0.15, 0.2) is 0 Å². The monoisotopic (exact) mass is 169 g/mol. The lowest BCUT2D eigenvalue weighted by molar-refractivity contribution is 0.107. The second kappa shape index (κ2) is 4.66. The van der Waals surface area contributed by atoms with Crippen molar-refractivity contribution in [1.29, 1.82) is 0 Å². The first kappa shape index (κ1) is 10.8. The Morgan fingerprint density at radius 2 is 2.17 bits per heavy atom. The molecule has 0 spiro atoms. The number of hydrogen-bond acceptors (Lipinski definition) is 2. The molecule has 0 aliphatic carbocycles. The molecule has 0 saturated carbocycles. The summed E-state index contributed by atoms with van der Waals surface area (Å²) in [6.07, 6.45) is 4.48. The van der Waals surface area contributed by atoms with Crippen LogP contribution < -0.4 is 5.32 Å². The van der Waals surface area contributed by atoms with Gasteiger partial charge in [0, 0.05) is 0 Å². The van der Waals surface area contributed by atoms with Crippen molar-refractivity contribution in [2.75, 3.05) is 13.2 Å². The normalized spacial score (nSPS) is 10.2. The maximum absolute atomic E-state index is 10.8. The average Bonchev–Trinajstić information content (AvgIpc) is 1.95. The third-order valence-electron chi connectivity index (χ3n) is 0.971. The Hall–Kier alpha value is -1.17. The van der Waals surface area contributed by atoms with Gasteiger partial charge in [-0.25, -0.2) is 4.79 Å². The van der Waals surface area contributed by atoms with Crippen molar-refractivity contribution in [2.24, 2.45) is 5.41 Å². The van der Waals surface area contributed by atoms with Crippen LogP contribution in [-0.2, 0) is 4.74 Å². The molecule has 0 bridgehead atoms. The van der Waals surface area contributed by atoms with Gasteiger partial charge in [-0.15, -0.1) is 6.42 Å². The SMILES string of the molecule is C#CCNC(=O)OCC(C)(C)C. The van der Waals surface area contributed by atoms with Gasteiger partial charge < -0.3 is 10.1 Å². The molecule has 12 heavy (non-hydrogen) atoms. The number of terminal acetylenes is 1. The van der Waals surface area contributed by atoms with E-state index >= 15 is 0 Å². The highest BCUT2D eigenvalue weighted by Gasteiger charge is 2.12. The van der Waals surface area contributed by atoms with Gasteiger partial charge >= 0.3 is 6.09 Å². The Morgan fingerprint density at radius 1 is 1.58 bits per heavy atom. The van der Waals surface area contributed by atoms with E-state index in [-0.39, 0.29) is 12.0 Å². The molecule has 68 valence electrons. The molecule has 3 heteroatoms. The van der Waals surface area contributed by atoms with E-state index < -0.39 is 6.09 Å². The Kier molecular flexibility index (Phi) is 4.20. The van der Waals surface area contributed by atoms with Gasteiger partial charge in [-0.3, -0.25) is 0 Å². The lowest BCUT2D eigenvalue weighted by Crippen LogP contribution is -2.28.